The van der Waals surface area contributed by atoms with Crippen molar-refractivity contribution in [2.45, 2.75) is 18.9 Å². The molecule has 120 valence electrons. The van der Waals surface area contributed by atoms with Crippen molar-refractivity contribution in [1.82, 2.24) is 30.0 Å². The van der Waals surface area contributed by atoms with E-state index in [0.29, 0.717) is 11.4 Å². The van der Waals surface area contributed by atoms with Crippen LogP contribution in [0.15, 0.2) is 49.2 Å². The van der Waals surface area contributed by atoms with Gasteiger partial charge in [0.2, 0.25) is 0 Å². The Morgan fingerprint density at radius 2 is 2.21 bits per heavy atom. The summed E-state index contributed by atoms with van der Waals surface area (Å²) in [5.41, 5.74) is 2.95. The van der Waals surface area contributed by atoms with Crippen molar-refractivity contribution < 1.29 is 4.79 Å². The Bertz CT molecular complexity index is 833. The number of pyridine rings is 1. The first-order valence-electron chi connectivity index (χ1n) is 7.85. The quantitative estimate of drug-likeness (QED) is 0.799. The smallest absolute Gasteiger partial charge is 0.272 e. The van der Waals surface area contributed by atoms with Crippen LogP contribution in [0.1, 0.15) is 35.1 Å². The highest BCUT2D eigenvalue weighted by molar-refractivity contribution is 5.93. The van der Waals surface area contributed by atoms with Crippen LogP contribution in [0.2, 0.25) is 0 Å². The van der Waals surface area contributed by atoms with E-state index in [1.54, 1.807) is 24.7 Å². The number of likely N-dealkylation sites (tertiary alicyclic amines) is 1. The SMILES string of the molecule is O=C(c1cc(-c2cccnc2)n[nH]1)N1CCC[C@@H]1c1ccncn1. The van der Waals surface area contributed by atoms with E-state index in [1.165, 1.54) is 6.33 Å². The van der Waals surface area contributed by atoms with Crippen LogP contribution in [0.25, 0.3) is 11.3 Å². The normalized spacial score (nSPS) is 17.2. The van der Waals surface area contributed by atoms with Crippen LogP contribution in [0.5, 0.6) is 0 Å². The van der Waals surface area contributed by atoms with Crippen molar-refractivity contribution in [3.63, 3.8) is 0 Å². The van der Waals surface area contributed by atoms with Gasteiger partial charge in [0, 0.05) is 30.7 Å². The molecule has 1 N–H and O–H groups in total. The minimum Gasteiger partial charge on any atom is -0.329 e. The minimum absolute atomic E-state index is 0.00866. The highest BCUT2D eigenvalue weighted by atomic mass is 16.2. The Labute approximate surface area is 138 Å². The molecule has 3 aromatic rings. The Hall–Kier alpha value is -3.09. The summed E-state index contributed by atoms with van der Waals surface area (Å²) >= 11 is 0. The van der Waals surface area contributed by atoms with Gasteiger partial charge < -0.3 is 4.90 Å². The second kappa shape index (κ2) is 6.19. The molecule has 0 spiro atoms. The van der Waals surface area contributed by atoms with Gasteiger partial charge in [-0.2, -0.15) is 5.10 Å². The molecule has 4 heterocycles. The lowest BCUT2D eigenvalue weighted by atomic mass is 10.1. The van der Waals surface area contributed by atoms with E-state index in [1.807, 2.05) is 23.1 Å². The summed E-state index contributed by atoms with van der Waals surface area (Å²) in [6, 6.07) is 7.39. The third kappa shape index (κ3) is 2.64. The lowest BCUT2D eigenvalue weighted by Gasteiger charge is -2.23. The molecule has 1 amide bonds. The third-order valence-corrected chi connectivity index (χ3v) is 4.23. The Morgan fingerprint density at radius 1 is 1.25 bits per heavy atom. The molecular weight excluding hydrogens is 304 g/mol. The van der Waals surface area contributed by atoms with Crippen molar-refractivity contribution in [2.24, 2.45) is 0 Å². The molecule has 0 aromatic carbocycles. The number of carbonyl (C=O) groups is 1. The summed E-state index contributed by atoms with van der Waals surface area (Å²) in [5, 5.41) is 7.09. The van der Waals surface area contributed by atoms with Gasteiger partial charge in [-0.15, -0.1) is 0 Å². The maximum atomic E-state index is 12.9. The van der Waals surface area contributed by atoms with Crippen LogP contribution >= 0.6 is 0 Å². The molecule has 7 nitrogen and oxygen atoms in total. The maximum Gasteiger partial charge on any atom is 0.272 e. The topological polar surface area (TPSA) is 87.7 Å². The van der Waals surface area contributed by atoms with Crippen molar-refractivity contribution in [3.8, 4) is 11.3 Å². The molecule has 4 rings (SSSR count). The fourth-order valence-electron chi connectivity index (χ4n) is 3.06. The largest absolute Gasteiger partial charge is 0.329 e. The van der Waals surface area contributed by atoms with Gasteiger partial charge in [0.05, 0.1) is 17.4 Å². The summed E-state index contributed by atoms with van der Waals surface area (Å²) in [7, 11) is 0. The number of nitrogens with one attached hydrogen (secondary N) is 1. The van der Waals surface area contributed by atoms with Crippen LogP contribution in [-0.2, 0) is 0 Å². The van der Waals surface area contributed by atoms with E-state index in [-0.39, 0.29) is 11.9 Å². The zero-order valence-electron chi connectivity index (χ0n) is 13.0. The van der Waals surface area contributed by atoms with E-state index in [2.05, 4.69) is 25.1 Å². The highest BCUT2D eigenvalue weighted by Gasteiger charge is 2.32. The monoisotopic (exact) mass is 320 g/mol. The standard InChI is InChI=1S/C17H16N6O/c24-17(15-9-14(21-22-15)12-3-1-6-18-10-12)23-8-2-4-16(23)13-5-7-19-11-20-13/h1,3,5-7,9-11,16H,2,4,8H2,(H,21,22)/t16-/m1/s1. The number of hydrogen-bond donors (Lipinski definition) is 1. The minimum atomic E-state index is -0.0567. The molecule has 24 heavy (non-hydrogen) atoms. The van der Waals surface area contributed by atoms with Gasteiger partial charge in [-0.3, -0.25) is 14.9 Å². The van der Waals surface area contributed by atoms with Gasteiger partial charge in [0.25, 0.3) is 5.91 Å². The molecule has 0 saturated carbocycles. The van der Waals surface area contributed by atoms with Gasteiger partial charge in [-0.1, -0.05) is 0 Å². The third-order valence-electron chi connectivity index (χ3n) is 4.23. The van der Waals surface area contributed by atoms with E-state index in [9.17, 15) is 4.79 Å². The fourth-order valence-corrected chi connectivity index (χ4v) is 3.06. The first kappa shape index (κ1) is 14.5. The second-order valence-corrected chi connectivity index (χ2v) is 5.70. The predicted octanol–water partition coefficient (Wildman–Crippen LogP) is 2.24. The highest BCUT2D eigenvalue weighted by Crippen LogP contribution is 2.31. The molecule has 1 aliphatic rings. The van der Waals surface area contributed by atoms with Crippen LogP contribution in [0, 0.1) is 0 Å². The van der Waals surface area contributed by atoms with E-state index >= 15 is 0 Å². The fraction of sp³-hybridized carbons (Fsp3) is 0.235. The van der Waals surface area contributed by atoms with Gasteiger partial charge in [0.15, 0.2) is 0 Å². The Morgan fingerprint density at radius 3 is 3.00 bits per heavy atom. The first-order chi connectivity index (χ1) is 11.8. The van der Waals surface area contributed by atoms with Crippen molar-refractivity contribution in [2.75, 3.05) is 6.54 Å². The van der Waals surface area contributed by atoms with E-state index in [4.69, 9.17) is 0 Å². The van der Waals surface area contributed by atoms with Crippen LogP contribution < -0.4 is 0 Å². The zero-order chi connectivity index (χ0) is 16.4. The number of amides is 1. The Balaban J connectivity index is 1.58. The first-order valence-corrected chi connectivity index (χ1v) is 7.85. The summed E-state index contributed by atoms with van der Waals surface area (Å²) in [6.07, 6.45) is 8.53. The molecule has 1 aliphatic heterocycles. The molecule has 0 aliphatic carbocycles. The predicted molar refractivity (Wildman–Crippen MR) is 86.9 cm³/mol. The average Bonchev–Trinajstić information content (AvgIpc) is 3.32. The van der Waals surface area contributed by atoms with E-state index in [0.717, 1.165) is 30.6 Å². The summed E-state index contributed by atoms with van der Waals surface area (Å²) in [4.78, 5) is 27.0. The van der Waals surface area contributed by atoms with Crippen LogP contribution in [0.3, 0.4) is 0 Å². The van der Waals surface area contributed by atoms with Gasteiger partial charge >= 0.3 is 0 Å². The molecule has 1 saturated heterocycles. The average molecular weight is 320 g/mol. The number of hydrogen-bond acceptors (Lipinski definition) is 5. The van der Waals surface area contributed by atoms with Gasteiger partial charge in [-0.05, 0) is 37.1 Å². The summed E-state index contributed by atoms with van der Waals surface area (Å²) in [5.74, 6) is -0.0567. The Kier molecular flexibility index (Phi) is 3.74. The maximum absolute atomic E-state index is 12.9. The molecule has 1 fully saturated rings. The molecule has 0 radical (unpaired) electrons. The summed E-state index contributed by atoms with van der Waals surface area (Å²) < 4.78 is 0. The van der Waals surface area contributed by atoms with Crippen LogP contribution in [0.4, 0.5) is 0 Å². The van der Waals surface area contributed by atoms with Gasteiger partial charge in [-0.25, -0.2) is 9.97 Å². The molecule has 0 unspecified atom stereocenters. The number of H-pyrrole nitrogens is 1. The summed E-state index contributed by atoms with van der Waals surface area (Å²) in [6.45, 7) is 0.717. The molecule has 3 aromatic heterocycles. The van der Waals surface area contributed by atoms with Gasteiger partial charge in [0.1, 0.15) is 12.0 Å². The number of nitrogens with zero attached hydrogens (tertiary/aromatic N) is 5. The zero-order valence-corrected chi connectivity index (χ0v) is 13.0. The van der Waals surface area contributed by atoms with Crippen molar-refractivity contribution >= 4 is 5.91 Å². The number of aromatic nitrogens is 5. The van der Waals surface area contributed by atoms with E-state index < -0.39 is 0 Å². The second-order valence-electron chi connectivity index (χ2n) is 5.70. The number of carbonyl (C=O) groups excluding carboxylic acids is 1. The van der Waals surface area contributed by atoms with Crippen molar-refractivity contribution in [3.05, 3.63) is 60.6 Å². The number of rotatable bonds is 3. The molecular formula is C17H16N6O. The van der Waals surface area contributed by atoms with Crippen molar-refractivity contribution in [1.29, 1.82) is 0 Å². The lowest BCUT2D eigenvalue weighted by molar-refractivity contribution is 0.0727. The molecule has 0 bridgehead atoms. The molecule has 1 atom stereocenters. The number of aromatic amines is 1. The van der Waals surface area contributed by atoms with Crippen LogP contribution in [-0.4, -0.2) is 42.5 Å². The molecule has 7 heteroatoms. The lowest BCUT2D eigenvalue weighted by Crippen LogP contribution is -2.31.